The van der Waals surface area contributed by atoms with Gasteiger partial charge in [0.2, 0.25) is 10.0 Å². The summed E-state index contributed by atoms with van der Waals surface area (Å²) < 4.78 is 25.7. The predicted molar refractivity (Wildman–Crippen MR) is 71.9 cm³/mol. The summed E-state index contributed by atoms with van der Waals surface area (Å²) in [6, 6.07) is 7.73. The molecule has 0 atom stereocenters. The number of nitrogens with zero attached hydrogens (tertiary/aromatic N) is 1. The van der Waals surface area contributed by atoms with Crippen LogP contribution in [-0.2, 0) is 16.4 Å². The van der Waals surface area contributed by atoms with Crippen molar-refractivity contribution in [3.63, 3.8) is 0 Å². The van der Waals surface area contributed by atoms with E-state index in [0.29, 0.717) is 13.0 Å². The van der Waals surface area contributed by atoms with Crippen LogP contribution in [0.4, 0.5) is 0 Å². The van der Waals surface area contributed by atoms with Gasteiger partial charge in [0.05, 0.1) is 16.3 Å². The molecule has 0 aliphatic rings. The van der Waals surface area contributed by atoms with Crippen LogP contribution in [0.3, 0.4) is 0 Å². The van der Waals surface area contributed by atoms with E-state index in [1.807, 2.05) is 24.3 Å². The number of H-pyrrole nitrogens is 1. The summed E-state index contributed by atoms with van der Waals surface area (Å²) >= 11 is 0. The number of hydrogen-bond donors (Lipinski definition) is 2. The first kappa shape index (κ1) is 13.0. The van der Waals surface area contributed by atoms with Crippen LogP contribution >= 0.6 is 0 Å². The van der Waals surface area contributed by atoms with Gasteiger partial charge in [0.15, 0.2) is 0 Å². The number of para-hydroxylation sites is 2. The van der Waals surface area contributed by atoms with Crippen molar-refractivity contribution in [2.24, 2.45) is 0 Å². The molecule has 2 aromatic rings. The van der Waals surface area contributed by atoms with E-state index < -0.39 is 15.3 Å². The van der Waals surface area contributed by atoms with E-state index in [4.69, 9.17) is 0 Å². The lowest BCUT2D eigenvalue weighted by Gasteiger charge is -2.08. The first-order valence-electron chi connectivity index (χ1n) is 5.91. The molecule has 1 aromatic carbocycles. The molecule has 0 fully saturated rings. The fourth-order valence-corrected chi connectivity index (χ4v) is 2.32. The maximum absolute atomic E-state index is 11.6. The molecular formula is C12H17N3O2S. The van der Waals surface area contributed by atoms with Crippen molar-refractivity contribution in [3.8, 4) is 0 Å². The van der Waals surface area contributed by atoms with Crippen LogP contribution in [0.1, 0.15) is 19.7 Å². The molecule has 1 heterocycles. The van der Waals surface area contributed by atoms with E-state index in [-0.39, 0.29) is 0 Å². The predicted octanol–water partition coefficient (Wildman–Crippen LogP) is 1.43. The molecule has 0 bridgehead atoms. The van der Waals surface area contributed by atoms with Gasteiger partial charge in [-0.05, 0) is 26.0 Å². The van der Waals surface area contributed by atoms with E-state index >= 15 is 0 Å². The molecule has 0 radical (unpaired) electrons. The fourth-order valence-electron chi connectivity index (χ4n) is 1.60. The topological polar surface area (TPSA) is 74.8 Å². The summed E-state index contributed by atoms with van der Waals surface area (Å²) in [6.45, 7) is 3.67. The molecule has 2 rings (SSSR count). The Morgan fingerprint density at radius 3 is 2.72 bits per heavy atom. The molecule has 5 nitrogen and oxygen atoms in total. The van der Waals surface area contributed by atoms with Crippen molar-refractivity contribution in [1.29, 1.82) is 0 Å². The number of rotatable bonds is 5. The standard InChI is InChI=1S/C12H17N3O2S/c1-9(2)18(16,17)13-8-7-12-14-10-5-3-4-6-11(10)15-12/h3-6,9,13H,7-8H2,1-2H3,(H,14,15). The van der Waals surface area contributed by atoms with Gasteiger partial charge in [-0.2, -0.15) is 0 Å². The molecule has 0 aliphatic heterocycles. The molecular weight excluding hydrogens is 250 g/mol. The van der Waals surface area contributed by atoms with E-state index in [2.05, 4.69) is 14.7 Å². The maximum Gasteiger partial charge on any atom is 0.213 e. The quantitative estimate of drug-likeness (QED) is 0.860. The minimum Gasteiger partial charge on any atom is -0.342 e. The van der Waals surface area contributed by atoms with E-state index in [0.717, 1.165) is 16.9 Å². The van der Waals surface area contributed by atoms with Crippen LogP contribution in [0, 0.1) is 0 Å². The lowest BCUT2D eigenvalue weighted by atomic mass is 10.3. The number of hydrogen-bond acceptors (Lipinski definition) is 3. The Kier molecular flexibility index (Phi) is 3.68. The van der Waals surface area contributed by atoms with Crippen LogP contribution in [0.2, 0.25) is 0 Å². The number of imidazole rings is 1. The van der Waals surface area contributed by atoms with Crippen LogP contribution in [0.15, 0.2) is 24.3 Å². The van der Waals surface area contributed by atoms with Gasteiger partial charge in [0.1, 0.15) is 5.82 Å². The second-order valence-electron chi connectivity index (χ2n) is 4.44. The second-order valence-corrected chi connectivity index (χ2v) is 6.76. The third-order valence-electron chi connectivity index (χ3n) is 2.72. The Hall–Kier alpha value is -1.40. The molecule has 98 valence electrons. The summed E-state index contributed by atoms with van der Waals surface area (Å²) in [4.78, 5) is 7.55. The molecule has 0 saturated heterocycles. The molecule has 0 unspecified atom stereocenters. The zero-order valence-electron chi connectivity index (χ0n) is 10.5. The van der Waals surface area contributed by atoms with Gasteiger partial charge in [0, 0.05) is 13.0 Å². The van der Waals surface area contributed by atoms with Gasteiger partial charge in [-0.25, -0.2) is 18.1 Å². The lowest BCUT2D eigenvalue weighted by molar-refractivity contribution is 0.572. The highest BCUT2D eigenvalue weighted by atomic mass is 32.2. The minimum absolute atomic E-state index is 0.361. The minimum atomic E-state index is -3.19. The van der Waals surface area contributed by atoms with Gasteiger partial charge in [0.25, 0.3) is 0 Å². The van der Waals surface area contributed by atoms with Crippen LogP contribution in [0.5, 0.6) is 0 Å². The SMILES string of the molecule is CC(C)S(=O)(=O)NCCc1nc2ccccc2[nH]1. The van der Waals surface area contributed by atoms with E-state index in [9.17, 15) is 8.42 Å². The molecule has 6 heteroatoms. The second kappa shape index (κ2) is 5.07. The highest BCUT2D eigenvalue weighted by Gasteiger charge is 2.14. The van der Waals surface area contributed by atoms with E-state index in [1.54, 1.807) is 13.8 Å². The molecule has 0 spiro atoms. The zero-order valence-corrected chi connectivity index (χ0v) is 11.3. The first-order chi connectivity index (χ1) is 8.49. The zero-order chi connectivity index (χ0) is 13.2. The molecule has 18 heavy (non-hydrogen) atoms. The number of aromatic nitrogens is 2. The number of nitrogens with one attached hydrogen (secondary N) is 2. The highest BCUT2D eigenvalue weighted by Crippen LogP contribution is 2.10. The van der Waals surface area contributed by atoms with Gasteiger partial charge < -0.3 is 4.98 Å². The molecule has 0 saturated carbocycles. The van der Waals surface area contributed by atoms with Crippen molar-refractivity contribution < 1.29 is 8.42 Å². The lowest BCUT2D eigenvalue weighted by Crippen LogP contribution is -2.32. The average molecular weight is 267 g/mol. The van der Waals surface area contributed by atoms with Gasteiger partial charge in [-0.15, -0.1) is 0 Å². The monoisotopic (exact) mass is 267 g/mol. The molecule has 1 aromatic heterocycles. The number of sulfonamides is 1. The van der Waals surface area contributed by atoms with Gasteiger partial charge in [-0.3, -0.25) is 0 Å². The third-order valence-corrected chi connectivity index (χ3v) is 4.57. The molecule has 2 N–H and O–H groups in total. The maximum atomic E-state index is 11.6. The van der Waals surface area contributed by atoms with Crippen molar-refractivity contribution in [3.05, 3.63) is 30.1 Å². The van der Waals surface area contributed by atoms with Gasteiger partial charge in [-0.1, -0.05) is 12.1 Å². The Morgan fingerprint density at radius 1 is 1.33 bits per heavy atom. The largest absolute Gasteiger partial charge is 0.342 e. The normalized spacial score (nSPS) is 12.4. The van der Waals surface area contributed by atoms with Crippen molar-refractivity contribution >= 4 is 21.1 Å². The fraction of sp³-hybridized carbons (Fsp3) is 0.417. The van der Waals surface area contributed by atoms with Crippen LogP contribution in [0.25, 0.3) is 11.0 Å². The molecule has 0 aliphatic carbocycles. The smallest absolute Gasteiger partial charge is 0.213 e. The number of fused-ring (bicyclic) bond motifs is 1. The Morgan fingerprint density at radius 2 is 2.06 bits per heavy atom. The summed E-state index contributed by atoms with van der Waals surface area (Å²) in [5, 5.41) is -0.409. The number of benzene rings is 1. The number of aromatic amines is 1. The van der Waals surface area contributed by atoms with Crippen molar-refractivity contribution in [2.75, 3.05) is 6.54 Å². The van der Waals surface area contributed by atoms with Gasteiger partial charge >= 0.3 is 0 Å². The first-order valence-corrected chi connectivity index (χ1v) is 7.46. The van der Waals surface area contributed by atoms with Crippen molar-refractivity contribution in [1.82, 2.24) is 14.7 Å². The Balaban J connectivity index is 1.99. The highest BCUT2D eigenvalue weighted by molar-refractivity contribution is 7.90. The van der Waals surface area contributed by atoms with E-state index in [1.165, 1.54) is 0 Å². The summed E-state index contributed by atoms with van der Waals surface area (Å²) in [5.74, 6) is 0.794. The molecule has 0 amide bonds. The average Bonchev–Trinajstić information content (AvgIpc) is 2.70. The summed E-state index contributed by atoms with van der Waals surface area (Å²) in [5.41, 5.74) is 1.87. The third kappa shape index (κ3) is 2.88. The summed E-state index contributed by atoms with van der Waals surface area (Å²) in [6.07, 6.45) is 0.556. The Labute approximate surface area is 107 Å². The Bertz CT molecular complexity index is 599. The summed E-state index contributed by atoms with van der Waals surface area (Å²) in [7, 11) is -3.19. The van der Waals surface area contributed by atoms with Crippen LogP contribution in [-0.4, -0.2) is 30.2 Å². The van der Waals surface area contributed by atoms with Crippen molar-refractivity contribution in [2.45, 2.75) is 25.5 Å². The van der Waals surface area contributed by atoms with Crippen LogP contribution < -0.4 is 4.72 Å².